The number of urea groups is 1. The minimum Gasteiger partial charge on any atom is -0.495 e. The molecule has 0 fully saturated rings. The number of sulfonamides is 1. The lowest BCUT2D eigenvalue weighted by Crippen LogP contribution is -2.36. The molecule has 0 aliphatic carbocycles. The Balaban J connectivity index is 1.89. The van der Waals surface area contributed by atoms with Crippen LogP contribution >= 0.6 is 0 Å². The maximum atomic E-state index is 12.9. The van der Waals surface area contributed by atoms with Crippen molar-refractivity contribution >= 4 is 33.6 Å². The summed E-state index contributed by atoms with van der Waals surface area (Å²) in [5, 5.41) is 4.66. The number of nitrogens with one attached hydrogen (secondary N) is 3. The summed E-state index contributed by atoms with van der Waals surface area (Å²) >= 11 is 0. The Bertz CT molecular complexity index is 1080. The molecule has 0 unspecified atom stereocenters. The van der Waals surface area contributed by atoms with Crippen molar-refractivity contribution in [1.82, 2.24) is 14.7 Å². The van der Waals surface area contributed by atoms with Crippen molar-refractivity contribution in [2.24, 2.45) is 0 Å². The third kappa shape index (κ3) is 4.27. The topological polar surface area (TPSA) is 167 Å². The van der Waals surface area contributed by atoms with Gasteiger partial charge < -0.3 is 24.3 Å². The van der Waals surface area contributed by atoms with Crippen LogP contribution in [0.2, 0.25) is 0 Å². The summed E-state index contributed by atoms with van der Waals surface area (Å²) in [6.45, 7) is -0.396. The predicted molar refractivity (Wildman–Crippen MR) is 102 cm³/mol. The number of rotatable bonds is 6. The molecule has 3 rings (SSSR count). The molecule has 30 heavy (non-hydrogen) atoms. The van der Waals surface area contributed by atoms with E-state index in [-0.39, 0.29) is 34.9 Å². The van der Waals surface area contributed by atoms with E-state index in [0.717, 1.165) is 0 Å². The first-order chi connectivity index (χ1) is 14.3. The maximum absolute atomic E-state index is 12.9. The Morgan fingerprint density at radius 1 is 1.13 bits per heavy atom. The van der Waals surface area contributed by atoms with Crippen LogP contribution in [0.25, 0.3) is 0 Å². The molecule has 0 spiro atoms. The van der Waals surface area contributed by atoms with Gasteiger partial charge in [0.05, 0.1) is 33.1 Å². The third-order valence-electron chi connectivity index (χ3n) is 3.74. The highest BCUT2D eigenvalue weighted by Crippen LogP contribution is 2.40. The number of hydrogen-bond acceptors (Lipinski definition) is 10. The van der Waals surface area contributed by atoms with Gasteiger partial charge in [-0.1, -0.05) is 0 Å². The number of benzene rings is 1. The van der Waals surface area contributed by atoms with Crippen molar-refractivity contribution < 1.29 is 37.0 Å². The summed E-state index contributed by atoms with van der Waals surface area (Å²) in [5.74, 6) is -0.792. The Labute approximate surface area is 170 Å². The molecule has 160 valence electrons. The van der Waals surface area contributed by atoms with Crippen molar-refractivity contribution in [1.29, 1.82) is 0 Å². The minimum atomic E-state index is -4.49. The molecular formula is C16H17N5O8S. The van der Waals surface area contributed by atoms with Gasteiger partial charge in [-0.05, 0) is 12.1 Å². The molecule has 0 atom stereocenters. The Morgan fingerprint density at radius 3 is 2.40 bits per heavy atom. The lowest BCUT2D eigenvalue weighted by molar-refractivity contribution is -0.118. The molecule has 1 aliphatic heterocycles. The van der Waals surface area contributed by atoms with Crippen LogP contribution in [0.4, 0.5) is 16.4 Å². The highest BCUT2D eigenvalue weighted by atomic mass is 32.2. The molecule has 0 bridgehead atoms. The summed E-state index contributed by atoms with van der Waals surface area (Å²) in [5.41, 5.74) is 0.119. The molecular weight excluding hydrogens is 422 g/mol. The van der Waals surface area contributed by atoms with Crippen LogP contribution in [0.15, 0.2) is 23.1 Å². The van der Waals surface area contributed by atoms with Gasteiger partial charge in [0.15, 0.2) is 17.3 Å². The number of amides is 3. The second-order valence-electron chi connectivity index (χ2n) is 5.65. The second-order valence-corrected chi connectivity index (χ2v) is 7.27. The van der Waals surface area contributed by atoms with Crippen LogP contribution in [0.1, 0.15) is 0 Å². The second kappa shape index (κ2) is 8.28. The van der Waals surface area contributed by atoms with E-state index in [1.54, 1.807) is 0 Å². The summed E-state index contributed by atoms with van der Waals surface area (Å²) < 4.78 is 47.8. The zero-order valence-electron chi connectivity index (χ0n) is 16.0. The molecule has 3 N–H and O–H groups in total. The van der Waals surface area contributed by atoms with E-state index in [1.807, 2.05) is 4.72 Å². The summed E-state index contributed by atoms with van der Waals surface area (Å²) in [4.78, 5) is 31.1. The average Bonchev–Trinajstić information content (AvgIpc) is 2.71. The van der Waals surface area contributed by atoms with Gasteiger partial charge in [0, 0.05) is 0 Å². The van der Waals surface area contributed by atoms with Gasteiger partial charge in [0.1, 0.15) is 5.75 Å². The molecule has 14 heteroatoms. The number of nitrogens with zero attached hydrogens (tertiary/aromatic N) is 2. The van der Waals surface area contributed by atoms with Gasteiger partial charge in [-0.25, -0.2) is 17.9 Å². The molecule has 1 aromatic heterocycles. The zero-order chi connectivity index (χ0) is 21.9. The van der Waals surface area contributed by atoms with E-state index in [0.29, 0.717) is 0 Å². The van der Waals surface area contributed by atoms with Crippen LogP contribution in [0, 0.1) is 0 Å². The van der Waals surface area contributed by atoms with E-state index in [2.05, 4.69) is 20.6 Å². The molecule has 2 heterocycles. The quantitative estimate of drug-likeness (QED) is 0.571. The number of methoxy groups -OCH3 is 3. The molecule has 1 aromatic carbocycles. The molecule has 2 aromatic rings. The lowest BCUT2D eigenvalue weighted by atomic mass is 10.2. The number of hydrogen-bond donors (Lipinski definition) is 3. The minimum absolute atomic E-state index is 0.0861. The van der Waals surface area contributed by atoms with E-state index in [9.17, 15) is 18.0 Å². The first-order valence-electron chi connectivity index (χ1n) is 8.22. The van der Waals surface area contributed by atoms with E-state index in [4.69, 9.17) is 18.9 Å². The fraction of sp³-hybridized carbons (Fsp3) is 0.250. The molecule has 0 radical (unpaired) electrons. The summed E-state index contributed by atoms with van der Waals surface area (Å²) in [7, 11) is -0.552. The van der Waals surface area contributed by atoms with E-state index >= 15 is 0 Å². The van der Waals surface area contributed by atoms with Crippen LogP contribution in [0.5, 0.6) is 23.3 Å². The average molecular weight is 439 g/mol. The zero-order valence-corrected chi connectivity index (χ0v) is 16.8. The molecule has 0 saturated heterocycles. The van der Waals surface area contributed by atoms with Crippen LogP contribution in [0.3, 0.4) is 0 Å². The van der Waals surface area contributed by atoms with Gasteiger partial charge in [0.25, 0.3) is 15.9 Å². The highest BCUT2D eigenvalue weighted by molar-refractivity contribution is 7.90. The largest absolute Gasteiger partial charge is 0.495 e. The predicted octanol–water partition coefficient (Wildman–Crippen LogP) is 0.344. The Hall–Kier alpha value is -3.81. The monoisotopic (exact) mass is 439 g/mol. The van der Waals surface area contributed by atoms with Gasteiger partial charge in [-0.3, -0.25) is 10.1 Å². The van der Waals surface area contributed by atoms with Crippen molar-refractivity contribution in [2.45, 2.75) is 4.90 Å². The normalized spacial score (nSPS) is 12.7. The van der Waals surface area contributed by atoms with Crippen molar-refractivity contribution in [3.8, 4) is 23.3 Å². The van der Waals surface area contributed by atoms with Crippen molar-refractivity contribution in [2.75, 3.05) is 38.6 Å². The number of ether oxygens (including phenoxy) is 4. The summed E-state index contributed by atoms with van der Waals surface area (Å²) in [6.07, 6.45) is 0. The lowest BCUT2D eigenvalue weighted by Gasteiger charge is -2.22. The first-order valence-corrected chi connectivity index (χ1v) is 9.70. The number of fused-ring (bicyclic) bond motifs is 1. The standard InChI is InChI=1S/C16H17N5O8S/c1-26-9-5-4-8-13(29-7-10(22)17-8)14(9)30(24,25)21-16(23)20-15-18-11(27-2)6-12(19-15)28-3/h4-6H,7H2,1-3H3,(H,17,22)(H2,18,19,20,21,23). The summed E-state index contributed by atoms with van der Waals surface area (Å²) in [6, 6.07) is 2.94. The van der Waals surface area contributed by atoms with Gasteiger partial charge in [-0.2, -0.15) is 9.97 Å². The maximum Gasteiger partial charge on any atom is 0.335 e. The van der Waals surface area contributed by atoms with Crippen LogP contribution in [-0.4, -0.2) is 58.3 Å². The number of carbonyl (C=O) groups is 2. The SMILES string of the molecule is COc1cc(OC)nc(NC(=O)NS(=O)(=O)c2c(OC)ccc3c2OCC(=O)N3)n1. The van der Waals surface area contributed by atoms with Crippen LogP contribution in [-0.2, 0) is 14.8 Å². The highest BCUT2D eigenvalue weighted by Gasteiger charge is 2.32. The van der Waals surface area contributed by atoms with Gasteiger partial charge >= 0.3 is 6.03 Å². The fourth-order valence-corrected chi connectivity index (χ4v) is 3.72. The Kier molecular flexibility index (Phi) is 5.77. The smallest absolute Gasteiger partial charge is 0.335 e. The molecule has 3 amide bonds. The molecule has 13 nitrogen and oxygen atoms in total. The molecule has 1 aliphatic rings. The van der Waals surface area contributed by atoms with Crippen LogP contribution < -0.4 is 34.3 Å². The number of carbonyl (C=O) groups excluding carboxylic acids is 2. The van der Waals surface area contributed by atoms with Crippen molar-refractivity contribution in [3.05, 3.63) is 18.2 Å². The Morgan fingerprint density at radius 2 is 1.80 bits per heavy atom. The third-order valence-corrected chi connectivity index (χ3v) is 5.11. The van der Waals surface area contributed by atoms with E-state index < -0.39 is 33.5 Å². The van der Waals surface area contributed by atoms with Crippen molar-refractivity contribution in [3.63, 3.8) is 0 Å². The number of anilines is 2. The van der Waals surface area contributed by atoms with Gasteiger partial charge in [-0.15, -0.1) is 0 Å². The molecule has 0 saturated carbocycles. The van der Waals surface area contributed by atoms with Gasteiger partial charge in [0.2, 0.25) is 17.7 Å². The number of aromatic nitrogens is 2. The fourth-order valence-electron chi connectivity index (χ4n) is 2.49. The van der Waals surface area contributed by atoms with E-state index in [1.165, 1.54) is 39.5 Å². The first kappa shape index (κ1) is 20.9.